The average molecular weight is 412 g/mol. The maximum atomic E-state index is 11.9. The van der Waals surface area contributed by atoms with E-state index in [1.54, 1.807) is 22.7 Å². The fourth-order valence-electron chi connectivity index (χ4n) is 3.74. The molecular weight excluding hydrogens is 386 g/mol. The van der Waals surface area contributed by atoms with Crippen LogP contribution in [0.25, 0.3) is 10.6 Å². The minimum Gasteiger partial charge on any atom is -0.343 e. The highest BCUT2D eigenvalue weighted by atomic mass is 32.1. The molecule has 3 aromatic rings. The minimum atomic E-state index is 0.300. The SMILES string of the molecule is Cc1cc(C)cc(N=c2scc(-c3cccs3)n2CCCN2CCCC2=O)c1. The van der Waals surface area contributed by atoms with Crippen molar-refractivity contribution in [2.24, 2.45) is 4.99 Å². The summed E-state index contributed by atoms with van der Waals surface area (Å²) in [6.45, 7) is 6.82. The minimum absolute atomic E-state index is 0.300. The number of benzene rings is 1. The number of nitrogens with zero attached hydrogens (tertiary/aromatic N) is 3. The highest BCUT2D eigenvalue weighted by Gasteiger charge is 2.19. The Balaban J connectivity index is 1.64. The van der Waals surface area contributed by atoms with Crippen molar-refractivity contribution < 1.29 is 4.79 Å². The molecule has 0 spiro atoms. The van der Waals surface area contributed by atoms with E-state index in [9.17, 15) is 4.79 Å². The molecule has 0 bridgehead atoms. The number of hydrogen-bond donors (Lipinski definition) is 0. The van der Waals surface area contributed by atoms with E-state index >= 15 is 0 Å². The lowest BCUT2D eigenvalue weighted by atomic mass is 10.1. The first-order valence-electron chi connectivity index (χ1n) is 9.73. The zero-order valence-corrected chi connectivity index (χ0v) is 18.0. The van der Waals surface area contributed by atoms with Crippen LogP contribution in [0.3, 0.4) is 0 Å². The number of rotatable bonds is 6. The van der Waals surface area contributed by atoms with E-state index in [-0.39, 0.29) is 0 Å². The Morgan fingerprint density at radius 3 is 2.61 bits per heavy atom. The molecule has 4 nitrogen and oxygen atoms in total. The largest absolute Gasteiger partial charge is 0.343 e. The molecule has 4 rings (SSSR count). The Labute approximate surface area is 173 Å². The second kappa shape index (κ2) is 8.45. The quantitative estimate of drug-likeness (QED) is 0.553. The topological polar surface area (TPSA) is 37.6 Å². The van der Waals surface area contributed by atoms with Crippen LogP contribution in [0.4, 0.5) is 5.69 Å². The molecule has 0 radical (unpaired) electrons. The highest BCUT2D eigenvalue weighted by Crippen LogP contribution is 2.26. The Morgan fingerprint density at radius 1 is 1.11 bits per heavy atom. The van der Waals surface area contributed by atoms with Gasteiger partial charge in [0.25, 0.3) is 0 Å². The Bertz CT molecular complexity index is 1010. The zero-order valence-electron chi connectivity index (χ0n) is 16.4. The van der Waals surface area contributed by atoms with Crippen molar-refractivity contribution >= 4 is 34.3 Å². The first-order chi connectivity index (χ1) is 13.6. The zero-order chi connectivity index (χ0) is 19.5. The van der Waals surface area contributed by atoms with Gasteiger partial charge in [-0.1, -0.05) is 12.1 Å². The maximum Gasteiger partial charge on any atom is 0.222 e. The maximum absolute atomic E-state index is 11.9. The van der Waals surface area contributed by atoms with Gasteiger partial charge in [-0.25, -0.2) is 4.99 Å². The van der Waals surface area contributed by atoms with E-state index in [1.165, 1.54) is 21.7 Å². The van der Waals surface area contributed by atoms with Gasteiger partial charge in [0.05, 0.1) is 16.3 Å². The van der Waals surface area contributed by atoms with Crippen molar-refractivity contribution in [3.8, 4) is 10.6 Å². The van der Waals surface area contributed by atoms with Crippen LogP contribution in [0.15, 0.2) is 46.1 Å². The Hall–Kier alpha value is -2.18. The van der Waals surface area contributed by atoms with Gasteiger partial charge in [-0.3, -0.25) is 4.79 Å². The van der Waals surface area contributed by atoms with Gasteiger partial charge in [-0.05, 0) is 61.4 Å². The second-order valence-electron chi connectivity index (χ2n) is 7.33. The normalized spacial score (nSPS) is 15.0. The predicted octanol–water partition coefficient (Wildman–Crippen LogP) is 5.14. The van der Waals surface area contributed by atoms with Gasteiger partial charge in [0.2, 0.25) is 5.91 Å². The summed E-state index contributed by atoms with van der Waals surface area (Å²) in [6.07, 6.45) is 2.65. The first kappa shape index (κ1) is 19.2. The van der Waals surface area contributed by atoms with E-state index in [0.717, 1.165) is 43.0 Å². The summed E-state index contributed by atoms with van der Waals surface area (Å²) in [5, 5.41) is 4.31. The molecule has 1 saturated heterocycles. The average Bonchev–Trinajstić information content (AvgIpc) is 3.37. The van der Waals surface area contributed by atoms with Crippen LogP contribution in [0.1, 0.15) is 30.4 Å². The summed E-state index contributed by atoms with van der Waals surface area (Å²) in [6, 6.07) is 10.7. The van der Waals surface area contributed by atoms with E-state index in [1.807, 2.05) is 4.90 Å². The number of carbonyl (C=O) groups is 1. The third-order valence-corrected chi connectivity index (χ3v) is 6.74. The summed E-state index contributed by atoms with van der Waals surface area (Å²) >= 11 is 3.44. The highest BCUT2D eigenvalue weighted by molar-refractivity contribution is 7.14. The number of thiophene rings is 1. The number of carbonyl (C=O) groups excluding carboxylic acids is 1. The van der Waals surface area contributed by atoms with Gasteiger partial charge in [0.1, 0.15) is 0 Å². The predicted molar refractivity (Wildman–Crippen MR) is 117 cm³/mol. The van der Waals surface area contributed by atoms with Gasteiger partial charge in [-0.15, -0.1) is 22.7 Å². The monoisotopic (exact) mass is 411 g/mol. The molecule has 0 N–H and O–H groups in total. The Kier molecular flexibility index (Phi) is 5.78. The summed E-state index contributed by atoms with van der Waals surface area (Å²) in [5.74, 6) is 0.300. The number of aromatic nitrogens is 1. The molecular formula is C22H25N3OS2. The van der Waals surface area contributed by atoms with Crippen LogP contribution in [0, 0.1) is 13.8 Å². The van der Waals surface area contributed by atoms with Crippen molar-refractivity contribution in [2.45, 2.75) is 39.7 Å². The molecule has 0 saturated carbocycles. The summed E-state index contributed by atoms with van der Waals surface area (Å²) in [4.78, 5) is 21.1. The molecule has 1 aromatic carbocycles. The molecule has 1 aliphatic rings. The van der Waals surface area contributed by atoms with Crippen LogP contribution in [-0.2, 0) is 11.3 Å². The van der Waals surface area contributed by atoms with Gasteiger partial charge in [0.15, 0.2) is 4.80 Å². The molecule has 1 fully saturated rings. The molecule has 3 heterocycles. The third kappa shape index (κ3) is 4.28. The van der Waals surface area contributed by atoms with Crippen molar-refractivity contribution in [3.05, 3.63) is 57.0 Å². The summed E-state index contributed by atoms with van der Waals surface area (Å²) in [7, 11) is 0. The lowest BCUT2D eigenvalue weighted by Gasteiger charge is -2.16. The second-order valence-corrected chi connectivity index (χ2v) is 9.11. The van der Waals surface area contributed by atoms with Crippen molar-refractivity contribution in [1.29, 1.82) is 0 Å². The van der Waals surface area contributed by atoms with Gasteiger partial charge in [-0.2, -0.15) is 0 Å². The van der Waals surface area contributed by atoms with E-state index in [4.69, 9.17) is 4.99 Å². The number of aryl methyl sites for hydroxylation is 2. The molecule has 28 heavy (non-hydrogen) atoms. The van der Waals surface area contributed by atoms with Crippen LogP contribution in [0.5, 0.6) is 0 Å². The van der Waals surface area contributed by atoms with Crippen LogP contribution >= 0.6 is 22.7 Å². The number of hydrogen-bond acceptors (Lipinski definition) is 4. The molecule has 1 amide bonds. The molecule has 6 heteroatoms. The van der Waals surface area contributed by atoms with Crippen LogP contribution in [-0.4, -0.2) is 28.5 Å². The molecule has 146 valence electrons. The fourth-order valence-corrected chi connectivity index (χ4v) is 5.51. The smallest absolute Gasteiger partial charge is 0.222 e. The van der Waals surface area contributed by atoms with Crippen LogP contribution in [0.2, 0.25) is 0 Å². The molecule has 1 aliphatic heterocycles. The standard InChI is InChI=1S/C22H25N3OS2/c1-16-12-17(2)14-18(13-16)23-22-25(10-5-9-24-8-3-7-21(24)26)19(15-28-22)20-6-4-11-27-20/h4,6,11-15H,3,5,7-10H2,1-2H3. The molecule has 0 aliphatic carbocycles. The van der Waals surface area contributed by atoms with Crippen LogP contribution < -0.4 is 4.80 Å². The summed E-state index contributed by atoms with van der Waals surface area (Å²) < 4.78 is 2.31. The fraction of sp³-hybridized carbons (Fsp3) is 0.364. The van der Waals surface area contributed by atoms with E-state index in [2.05, 4.69) is 59.5 Å². The van der Waals surface area contributed by atoms with E-state index < -0.39 is 0 Å². The van der Waals surface area contributed by atoms with E-state index in [0.29, 0.717) is 12.3 Å². The van der Waals surface area contributed by atoms with Gasteiger partial charge in [0, 0.05) is 31.4 Å². The van der Waals surface area contributed by atoms with Gasteiger partial charge < -0.3 is 9.47 Å². The molecule has 0 atom stereocenters. The van der Waals surface area contributed by atoms with Crippen molar-refractivity contribution in [2.75, 3.05) is 13.1 Å². The lowest BCUT2D eigenvalue weighted by molar-refractivity contribution is -0.127. The third-order valence-electron chi connectivity index (χ3n) is 4.98. The molecule has 0 unspecified atom stereocenters. The Morgan fingerprint density at radius 2 is 1.93 bits per heavy atom. The lowest BCUT2D eigenvalue weighted by Crippen LogP contribution is -2.27. The summed E-state index contributed by atoms with van der Waals surface area (Å²) in [5.41, 5.74) is 4.68. The molecule has 2 aromatic heterocycles. The number of likely N-dealkylation sites (tertiary alicyclic amines) is 1. The number of amides is 1. The van der Waals surface area contributed by atoms with Crippen molar-refractivity contribution in [1.82, 2.24) is 9.47 Å². The first-order valence-corrected chi connectivity index (χ1v) is 11.5. The van der Waals surface area contributed by atoms with Crippen molar-refractivity contribution in [3.63, 3.8) is 0 Å². The van der Waals surface area contributed by atoms with Gasteiger partial charge >= 0.3 is 0 Å². The number of thiazole rings is 1.